The maximum atomic E-state index is 11.1. The van der Waals surface area contributed by atoms with Gasteiger partial charge >= 0.3 is 5.97 Å². The summed E-state index contributed by atoms with van der Waals surface area (Å²) in [5.41, 5.74) is 2.23. The Morgan fingerprint density at radius 2 is 1.84 bits per heavy atom. The van der Waals surface area contributed by atoms with E-state index in [2.05, 4.69) is 15.3 Å². The summed E-state index contributed by atoms with van der Waals surface area (Å²) in [6.45, 7) is 1.78. The van der Waals surface area contributed by atoms with Gasteiger partial charge in [-0.25, -0.2) is 4.79 Å². The average molecular weight is 561 g/mol. The fourth-order valence-electron chi connectivity index (χ4n) is 4.48. The third-order valence-corrected chi connectivity index (χ3v) is 8.29. The van der Waals surface area contributed by atoms with Gasteiger partial charge in [0.1, 0.15) is 16.3 Å². The van der Waals surface area contributed by atoms with Crippen LogP contribution in [0.4, 0.5) is 5.95 Å². The first-order valence-corrected chi connectivity index (χ1v) is 13.5. The molecule has 0 radical (unpaired) electrons. The average Bonchev–Trinajstić information content (AvgIpc) is 3.27. The van der Waals surface area contributed by atoms with Crippen molar-refractivity contribution in [1.29, 1.82) is 0 Å². The lowest BCUT2D eigenvalue weighted by atomic mass is 10.0. The molecule has 2 fully saturated rings. The molecular formula is C25H22Cl2N4O5S. The minimum absolute atomic E-state index is 0.0505. The molecule has 1 N–H and O–H groups in total. The van der Waals surface area contributed by atoms with Crippen LogP contribution in [0.1, 0.15) is 52.6 Å². The molecule has 12 heteroatoms. The molecule has 0 unspecified atom stereocenters. The predicted molar refractivity (Wildman–Crippen MR) is 139 cm³/mol. The molecule has 0 atom stereocenters. The van der Waals surface area contributed by atoms with Gasteiger partial charge in [0, 0.05) is 30.1 Å². The Morgan fingerprint density at radius 3 is 2.51 bits per heavy atom. The molecule has 1 aromatic carbocycles. The fraction of sp³-hybridized carbons (Fsp3) is 0.360. The molecule has 1 aliphatic carbocycles. The molecular weight excluding hydrogens is 539 g/mol. The maximum Gasteiger partial charge on any atom is 0.345 e. The maximum absolute atomic E-state index is 11.1. The van der Waals surface area contributed by atoms with E-state index in [1.54, 1.807) is 24.3 Å². The van der Waals surface area contributed by atoms with Gasteiger partial charge in [-0.1, -0.05) is 34.4 Å². The quantitative estimate of drug-likeness (QED) is 0.257. The Balaban J connectivity index is 1.11. The summed E-state index contributed by atoms with van der Waals surface area (Å²) in [4.78, 5) is 18.5. The SMILES string of the molecule is O=C(O)c1ccc(-c2nc(N3CCC(OCc4c(-c5c(Cl)cccc5Cl)noc4C4CC4)CC3)no2)s1. The highest BCUT2D eigenvalue weighted by Crippen LogP contribution is 2.46. The number of anilines is 1. The van der Waals surface area contributed by atoms with Gasteiger partial charge in [-0.2, -0.15) is 4.98 Å². The van der Waals surface area contributed by atoms with E-state index >= 15 is 0 Å². The van der Waals surface area contributed by atoms with Crippen molar-refractivity contribution < 1.29 is 23.7 Å². The number of benzene rings is 1. The molecule has 0 spiro atoms. The van der Waals surface area contributed by atoms with Crippen LogP contribution in [0.5, 0.6) is 0 Å². The van der Waals surface area contributed by atoms with Crippen LogP contribution in [-0.4, -0.2) is 45.6 Å². The van der Waals surface area contributed by atoms with Crippen molar-refractivity contribution in [2.24, 2.45) is 0 Å². The van der Waals surface area contributed by atoms with E-state index in [1.807, 2.05) is 4.90 Å². The Labute approximate surface area is 225 Å². The molecule has 0 bridgehead atoms. The third-order valence-electron chi connectivity index (χ3n) is 6.60. The van der Waals surface area contributed by atoms with Gasteiger partial charge in [0.25, 0.3) is 11.8 Å². The molecule has 0 amide bonds. The second kappa shape index (κ2) is 10.1. The summed E-state index contributed by atoms with van der Waals surface area (Å²) in [5, 5.41) is 18.6. The molecule has 2 aliphatic rings. The number of carbonyl (C=O) groups is 1. The lowest BCUT2D eigenvalue weighted by molar-refractivity contribution is 0.0244. The molecule has 9 nitrogen and oxygen atoms in total. The number of carboxylic acid groups (broad SMARTS) is 1. The number of nitrogens with zero attached hydrogens (tertiary/aromatic N) is 4. The smallest absolute Gasteiger partial charge is 0.345 e. The van der Waals surface area contributed by atoms with Crippen LogP contribution in [0.25, 0.3) is 22.0 Å². The van der Waals surface area contributed by atoms with Gasteiger partial charge < -0.3 is 23.8 Å². The van der Waals surface area contributed by atoms with E-state index in [0.29, 0.717) is 63.6 Å². The summed E-state index contributed by atoms with van der Waals surface area (Å²) < 4.78 is 17.5. The summed E-state index contributed by atoms with van der Waals surface area (Å²) >= 11 is 14.0. The Hall–Kier alpha value is -2.92. The van der Waals surface area contributed by atoms with E-state index in [-0.39, 0.29) is 11.0 Å². The number of thiophene rings is 1. The van der Waals surface area contributed by atoms with Crippen molar-refractivity contribution in [3.8, 4) is 22.0 Å². The number of hydrogen-bond donors (Lipinski definition) is 1. The summed E-state index contributed by atoms with van der Waals surface area (Å²) in [6.07, 6.45) is 3.78. The van der Waals surface area contributed by atoms with Crippen LogP contribution in [0, 0.1) is 0 Å². The number of ether oxygens (including phenoxy) is 1. The minimum atomic E-state index is -0.976. The van der Waals surface area contributed by atoms with Crippen LogP contribution in [0.15, 0.2) is 39.4 Å². The van der Waals surface area contributed by atoms with E-state index in [0.717, 1.165) is 48.3 Å². The number of hydrogen-bond acceptors (Lipinski definition) is 9. The molecule has 4 heterocycles. The third kappa shape index (κ3) is 4.98. The summed E-state index contributed by atoms with van der Waals surface area (Å²) in [6, 6.07) is 8.60. The standard InChI is InChI=1S/C25H22Cl2N4O5S/c26-16-2-1-3-17(27)20(16)21-15(22(35-29-21)13-4-5-13)12-34-14-8-10-31(11-9-14)25-28-23(36-30-25)18-6-7-19(37-18)24(32)33/h1-3,6-7,13-14H,4-5,8-12H2,(H,32,33). The fourth-order valence-corrected chi connectivity index (χ4v) is 5.83. The zero-order valence-electron chi connectivity index (χ0n) is 19.5. The number of halogens is 2. The normalized spacial score (nSPS) is 16.4. The van der Waals surface area contributed by atoms with Gasteiger partial charge in [-0.3, -0.25) is 0 Å². The highest BCUT2D eigenvalue weighted by molar-refractivity contribution is 7.17. The number of aromatic carboxylic acids is 1. The van der Waals surface area contributed by atoms with Crippen molar-refractivity contribution >= 4 is 46.5 Å². The van der Waals surface area contributed by atoms with Crippen molar-refractivity contribution in [3.05, 3.63) is 56.6 Å². The first-order valence-electron chi connectivity index (χ1n) is 11.9. The first-order chi connectivity index (χ1) is 18.0. The van der Waals surface area contributed by atoms with Crippen LogP contribution in [0.3, 0.4) is 0 Å². The number of aromatic nitrogens is 3. The Morgan fingerprint density at radius 1 is 1.08 bits per heavy atom. The molecule has 4 aromatic rings. The minimum Gasteiger partial charge on any atom is -0.477 e. The number of piperidine rings is 1. The molecule has 1 aliphatic heterocycles. The number of carboxylic acids is 1. The van der Waals surface area contributed by atoms with Crippen molar-refractivity contribution in [3.63, 3.8) is 0 Å². The lowest BCUT2D eigenvalue weighted by Gasteiger charge is -2.30. The first kappa shape index (κ1) is 24.4. The molecule has 192 valence electrons. The van der Waals surface area contributed by atoms with Crippen LogP contribution in [0.2, 0.25) is 10.0 Å². The highest BCUT2D eigenvalue weighted by atomic mass is 35.5. The lowest BCUT2D eigenvalue weighted by Crippen LogP contribution is -2.37. The van der Waals surface area contributed by atoms with E-state index in [9.17, 15) is 4.79 Å². The van der Waals surface area contributed by atoms with Crippen molar-refractivity contribution in [2.45, 2.75) is 44.3 Å². The van der Waals surface area contributed by atoms with Crippen molar-refractivity contribution in [1.82, 2.24) is 15.3 Å². The van der Waals surface area contributed by atoms with E-state index in [4.69, 9.17) is 42.1 Å². The number of rotatable bonds is 8. The van der Waals surface area contributed by atoms with E-state index in [1.165, 1.54) is 6.07 Å². The highest BCUT2D eigenvalue weighted by Gasteiger charge is 2.34. The Bertz CT molecular complexity index is 1420. The molecule has 37 heavy (non-hydrogen) atoms. The van der Waals surface area contributed by atoms with Crippen molar-refractivity contribution in [2.75, 3.05) is 18.0 Å². The topological polar surface area (TPSA) is 115 Å². The summed E-state index contributed by atoms with van der Waals surface area (Å²) in [7, 11) is 0. The summed E-state index contributed by atoms with van der Waals surface area (Å²) in [5.74, 6) is 1.06. The van der Waals surface area contributed by atoms with Gasteiger partial charge in [0.2, 0.25) is 0 Å². The van der Waals surface area contributed by atoms with Crippen LogP contribution < -0.4 is 4.90 Å². The molecule has 1 saturated carbocycles. The van der Waals surface area contributed by atoms with Gasteiger partial charge in [-0.15, -0.1) is 11.3 Å². The molecule has 6 rings (SSSR count). The Kier molecular flexibility index (Phi) is 6.66. The van der Waals surface area contributed by atoms with Crippen LogP contribution >= 0.6 is 34.5 Å². The zero-order chi connectivity index (χ0) is 25.5. The van der Waals surface area contributed by atoms with Gasteiger partial charge in [0.15, 0.2) is 0 Å². The molecule has 3 aromatic heterocycles. The largest absolute Gasteiger partial charge is 0.477 e. The monoisotopic (exact) mass is 560 g/mol. The predicted octanol–water partition coefficient (Wildman–Crippen LogP) is 6.52. The van der Waals surface area contributed by atoms with E-state index < -0.39 is 5.97 Å². The zero-order valence-corrected chi connectivity index (χ0v) is 21.9. The van der Waals surface area contributed by atoms with Gasteiger partial charge in [-0.05, 0) is 55.1 Å². The van der Waals surface area contributed by atoms with Gasteiger partial charge in [0.05, 0.1) is 27.6 Å². The second-order valence-corrected chi connectivity index (χ2v) is 11.0. The second-order valence-electron chi connectivity index (χ2n) is 9.11. The molecule has 1 saturated heterocycles. The van der Waals surface area contributed by atoms with Crippen LogP contribution in [-0.2, 0) is 11.3 Å².